The highest BCUT2D eigenvalue weighted by Crippen LogP contribution is 2.43. The van der Waals surface area contributed by atoms with Crippen LogP contribution in [0.5, 0.6) is 0 Å². The summed E-state index contributed by atoms with van der Waals surface area (Å²) in [7, 11) is -3.34. The first kappa shape index (κ1) is 14.2. The lowest BCUT2D eigenvalue weighted by molar-refractivity contribution is 0.0828. The molecule has 0 radical (unpaired) electrons. The van der Waals surface area contributed by atoms with Gasteiger partial charge in [-0.2, -0.15) is 0 Å². The van der Waals surface area contributed by atoms with E-state index in [1.54, 1.807) is 0 Å². The number of rotatable bonds is 7. The van der Waals surface area contributed by atoms with Gasteiger partial charge in [-0.1, -0.05) is 32.6 Å². The van der Waals surface area contributed by atoms with Crippen molar-refractivity contribution >= 4 is 7.60 Å². The summed E-state index contributed by atoms with van der Waals surface area (Å²) >= 11 is 0. The quantitative estimate of drug-likeness (QED) is 0.529. The van der Waals surface area contributed by atoms with Gasteiger partial charge in [-0.3, -0.25) is 4.57 Å². The molecular formula is C10H23O3P. The molecule has 14 heavy (non-hydrogen) atoms. The van der Waals surface area contributed by atoms with Gasteiger partial charge in [-0.05, 0) is 20.3 Å². The Balaban J connectivity index is 3.78. The Morgan fingerprint density at radius 3 is 2.29 bits per heavy atom. The molecule has 3 nitrogen and oxygen atoms in total. The van der Waals surface area contributed by atoms with E-state index in [0.717, 1.165) is 12.8 Å². The smallest absolute Gasteiger partial charge is 0.324 e. The molecule has 0 heterocycles. The van der Waals surface area contributed by atoms with E-state index in [4.69, 9.17) is 9.42 Å². The zero-order valence-corrected chi connectivity index (χ0v) is 10.6. The third-order valence-corrected chi connectivity index (χ3v) is 2.88. The first-order chi connectivity index (χ1) is 6.27. The Kier molecular flexibility index (Phi) is 5.96. The highest BCUT2D eigenvalue weighted by Gasteiger charge is 2.25. The number of unbranched alkanes of at least 4 members (excludes halogenated alkanes) is 3. The number of hydrogen-bond donors (Lipinski definition) is 1. The van der Waals surface area contributed by atoms with Crippen molar-refractivity contribution in [1.82, 2.24) is 0 Å². The summed E-state index contributed by atoms with van der Waals surface area (Å²) in [5, 5.41) is 0. The van der Waals surface area contributed by atoms with Gasteiger partial charge in [0.1, 0.15) is 0 Å². The Morgan fingerprint density at radius 2 is 1.86 bits per heavy atom. The first-order valence-electron chi connectivity index (χ1n) is 5.28. The maximum atomic E-state index is 11.1. The summed E-state index contributed by atoms with van der Waals surface area (Å²) in [6, 6.07) is 0. The van der Waals surface area contributed by atoms with Crippen LogP contribution >= 0.6 is 7.60 Å². The number of hydrogen-bond acceptors (Lipinski definition) is 2. The normalized spacial score (nSPS) is 16.6. The summed E-state index contributed by atoms with van der Waals surface area (Å²) in [5.41, 5.74) is -0.479. The van der Waals surface area contributed by atoms with Crippen LogP contribution in [-0.4, -0.2) is 17.2 Å². The van der Waals surface area contributed by atoms with Crippen LogP contribution in [0.3, 0.4) is 0 Å². The molecule has 0 fully saturated rings. The SMILES string of the molecule is CCCCCCC(C)(C)OP(C)(=O)O. The van der Waals surface area contributed by atoms with Crippen LogP contribution in [-0.2, 0) is 9.09 Å². The van der Waals surface area contributed by atoms with Crippen molar-refractivity contribution in [2.75, 3.05) is 6.66 Å². The Hall–Kier alpha value is 0.150. The molecule has 0 aliphatic rings. The Morgan fingerprint density at radius 1 is 1.29 bits per heavy atom. The fourth-order valence-electron chi connectivity index (χ4n) is 1.48. The average molecular weight is 222 g/mol. The molecule has 0 spiro atoms. The van der Waals surface area contributed by atoms with E-state index >= 15 is 0 Å². The lowest BCUT2D eigenvalue weighted by Crippen LogP contribution is -2.22. The van der Waals surface area contributed by atoms with Crippen molar-refractivity contribution in [1.29, 1.82) is 0 Å². The van der Waals surface area contributed by atoms with E-state index in [9.17, 15) is 4.57 Å². The molecule has 1 atom stereocenters. The van der Waals surface area contributed by atoms with E-state index in [0.29, 0.717) is 0 Å². The zero-order valence-electron chi connectivity index (χ0n) is 9.75. The van der Waals surface area contributed by atoms with Gasteiger partial charge in [-0.15, -0.1) is 0 Å². The van der Waals surface area contributed by atoms with E-state index in [1.165, 1.54) is 25.9 Å². The molecule has 0 aromatic carbocycles. The van der Waals surface area contributed by atoms with Gasteiger partial charge >= 0.3 is 7.60 Å². The van der Waals surface area contributed by atoms with Crippen molar-refractivity contribution in [2.24, 2.45) is 0 Å². The van der Waals surface area contributed by atoms with E-state index < -0.39 is 13.2 Å². The topological polar surface area (TPSA) is 46.5 Å². The van der Waals surface area contributed by atoms with Crippen molar-refractivity contribution in [3.63, 3.8) is 0 Å². The highest BCUT2D eigenvalue weighted by atomic mass is 31.2. The zero-order chi connectivity index (χ0) is 11.2. The molecule has 1 N–H and O–H groups in total. The second-order valence-electron chi connectivity index (χ2n) is 4.46. The van der Waals surface area contributed by atoms with E-state index in [-0.39, 0.29) is 0 Å². The molecule has 4 heteroatoms. The van der Waals surface area contributed by atoms with Crippen molar-refractivity contribution in [2.45, 2.75) is 58.5 Å². The standard InChI is InChI=1S/C10H23O3P/c1-5-6-7-8-9-10(2,3)13-14(4,11)12/h5-9H2,1-4H3,(H,11,12). The van der Waals surface area contributed by atoms with Crippen LogP contribution in [0.1, 0.15) is 52.9 Å². The third kappa shape index (κ3) is 8.74. The maximum absolute atomic E-state index is 11.1. The fraction of sp³-hybridized carbons (Fsp3) is 1.00. The summed E-state index contributed by atoms with van der Waals surface area (Å²) in [5.74, 6) is 0. The maximum Gasteiger partial charge on any atom is 0.325 e. The Bertz CT molecular complexity index is 196. The van der Waals surface area contributed by atoms with Crippen LogP contribution in [0.15, 0.2) is 0 Å². The largest absolute Gasteiger partial charge is 0.325 e. The monoisotopic (exact) mass is 222 g/mol. The Labute approximate surface area is 87.4 Å². The van der Waals surface area contributed by atoms with Gasteiger partial charge in [0.25, 0.3) is 0 Å². The highest BCUT2D eigenvalue weighted by molar-refractivity contribution is 7.51. The molecular weight excluding hydrogens is 199 g/mol. The predicted molar refractivity (Wildman–Crippen MR) is 59.7 cm³/mol. The molecule has 0 bridgehead atoms. The molecule has 0 saturated heterocycles. The van der Waals surface area contributed by atoms with Crippen LogP contribution in [0, 0.1) is 0 Å². The molecule has 0 rings (SSSR count). The lowest BCUT2D eigenvalue weighted by Gasteiger charge is -2.26. The van der Waals surface area contributed by atoms with Crippen molar-refractivity contribution in [3.05, 3.63) is 0 Å². The fourth-order valence-corrected chi connectivity index (χ4v) is 2.49. The minimum atomic E-state index is -3.34. The molecule has 1 unspecified atom stereocenters. The van der Waals surface area contributed by atoms with E-state index in [2.05, 4.69) is 6.92 Å². The lowest BCUT2D eigenvalue weighted by atomic mass is 10.0. The molecule has 0 aromatic heterocycles. The summed E-state index contributed by atoms with van der Waals surface area (Å²) in [6.07, 6.45) is 5.49. The van der Waals surface area contributed by atoms with E-state index in [1.807, 2.05) is 13.8 Å². The van der Waals surface area contributed by atoms with Gasteiger partial charge in [-0.25, -0.2) is 0 Å². The summed E-state index contributed by atoms with van der Waals surface area (Å²) in [6.45, 7) is 7.13. The van der Waals surface area contributed by atoms with Crippen LogP contribution < -0.4 is 0 Å². The molecule has 0 amide bonds. The molecule has 0 aromatic rings. The van der Waals surface area contributed by atoms with Crippen LogP contribution in [0.25, 0.3) is 0 Å². The molecule has 0 aliphatic carbocycles. The van der Waals surface area contributed by atoms with Crippen molar-refractivity contribution < 1.29 is 14.0 Å². The average Bonchev–Trinajstić information content (AvgIpc) is 1.93. The van der Waals surface area contributed by atoms with Crippen LogP contribution in [0.2, 0.25) is 0 Å². The van der Waals surface area contributed by atoms with Gasteiger partial charge in [0, 0.05) is 6.66 Å². The summed E-state index contributed by atoms with van der Waals surface area (Å²) in [4.78, 5) is 9.09. The first-order valence-corrected chi connectivity index (χ1v) is 7.30. The van der Waals surface area contributed by atoms with Crippen LogP contribution in [0.4, 0.5) is 0 Å². The van der Waals surface area contributed by atoms with Crippen molar-refractivity contribution in [3.8, 4) is 0 Å². The predicted octanol–water partition coefficient (Wildman–Crippen LogP) is 3.57. The molecule has 0 saturated carbocycles. The minimum absolute atomic E-state index is 0.479. The molecule has 0 aliphatic heterocycles. The summed E-state index contributed by atoms with van der Waals surface area (Å²) < 4.78 is 16.2. The van der Waals surface area contributed by atoms with Gasteiger partial charge in [0.05, 0.1) is 5.60 Å². The van der Waals surface area contributed by atoms with Gasteiger partial charge in [0.15, 0.2) is 0 Å². The van der Waals surface area contributed by atoms with Gasteiger partial charge < -0.3 is 9.42 Å². The second kappa shape index (κ2) is 5.89. The molecule has 86 valence electrons. The second-order valence-corrected chi connectivity index (χ2v) is 6.25. The van der Waals surface area contributed by atoms with Gasteiger partial charge in [0.2, 0.25) is 0 Å². The minimum Gasteiger partial charge on any atom is -0.324 e. The third-order valence-electron chi connectivity index (χ3n) is 2.05.